The van der Waals surface area contributed by atoms with E-state index in [0.29, 0.717) is 29.0 Å². The number of sulfonamides is 1. The molecule has 3 aromatic rings. The molecule has 0 saturated heterocycles. The number of hydrogen-bond donors (Lipinski definition) is 0. The number of nitrogens with zero attached hydrogens (tertiary/aromatic N) is 1. The first-order valence-corrected chi connectivity index (χ1v) is 15.2. The number of halogens is 4. The zero-order chi connectivity index (χ0) is 27.4. The van der Waals surface area contributed by atoms with Gasteiger partial charge in [0.1, 0.15) is 27.3 Å². The van der Waals surface area contributed by atoms with Crippen molar-refractivity contribution in [2.75, 3.05) is 15.8 Å². The lowest BCUT2D eigenvalue weighted by Crippen LogP contribution is -2.35. The SMILES string of the molecule is CCS(=O)(=O)CCCCc1cc(F)ccc1C(C)N(c1cc(F)ccc1F)S(=O)(=O)c1ccc(Cl)cc1. The lowest BCUT2D eigenvalue weighted by Gasteiger charge is -2.32. The fourth-order valence-electron chi connectivity index (χ4n) is 4.03. The second-order valence-electron chi connectivity index (χ2n) is 8.56. The maximum atomic E-state index is 15.0. The predicted molar refractivity (Wildman–Crippen MR) is 140 cm³/mol. The Balaban J connectivity index is 2.07. The van der Waals surface area contributed by atoms with E-state index in [0.717, 1.165) is 28.6 Å². The van der Waals surface area contributed by atoms with Gasteiger partial charge in [0.2, 0.25) is 0 Å². The summed E-state index contributed by atoms with van der Waals surface area (Å²) in [6.45, 7) is 3.05. The van der Waals surface area contributed by atoms with Crippen LogP contribution in [0.15, 0.2) is 65.6 Å². The van der Waals surface area contributed by atoms with Crippen LogP contribution in [-0.2, 0) is 26.3 Å². The largest absolute Gasteiger partial charge is 0.264 e. The molecule has 0 saturated carbocycles. The van der Waals surface area contributed by atoms with Crippen molar-refractivity contribution < 1.29 is 30.0 Å². The van der Waals surface area contributed by atoms with Crippen molar-refractivity contribution >= 4 is 37.1 Å². The van der Waals surface area contributed by atoms with E-state index in [9.17, 15) is 30.0 Å². The Morgan fingerprint density at radius 3 is 2.14 bits per heavy atom. The fourth-order valence-corrected chi connectivity index (χ4v) is 6.72. The van der Waals surface area contributed by atoms with E-state index in [1.807, 2.05) is 0 Å². The molecule has 1 unspecified atom stereocenters. The predicted octanol–water partition coefficient (Wildman–Crippen LogP) is 6.47. The number of unbranched alkanes of at least 4 members (excludes halogenated alkanes) is 1. The van der Waals surface area contributed by atoms with E-state index in [2.05, 4.69) is 0 Å². The van der Waals surface area contributed by atoms with Crippen molar-refractivity contribution in [1.82, 2.24) is 0 Å². The van der Waals surface area contributed by atoms with Crippen LogP contribution in [0.1, 0.15) is 43.9 Å². The minimum Gasteiger partial charge on any atom is -0.256 e. The van der Waals surface area contributed by atoms with Gasteiger partial charge < -0.3 is 0 Å². The van der Waals surface area contributed by atoms with Gasteiger partial charge in [0, 0.05) is 16.8 Å². The van der Waals surface area contributed by atoms with Gasteiger partial charge in [0.05, 0.1) is 22.4 Å². The van der Waals surface area contributed by atoms with Crippen LogP contribution in [0, 0.1) is 17.5 Å². The molecule has 1 atom stereocenters. The monoisotopic (exact) mass is 573 g/mol. The molecule has 0 aromatic heterocycles. The van der Waals surface area contributed by atoms with Gasteiger partial charge in [0.15, 0.2) is 0 Å². The molecule has 3 aromatic carbocycles. The zero-order valence-electron chi connectivity index (χ0n) is 20.3. The van der Waals surface area contributed by atoms with Crippen molar-refractivity contribution in [2.45, 2.75) is 44.0 Å². The van der Waals surface area contributed by atoms with Crippen LogP contribution in [0.25, 0.3) is 0 Å². The Kier molecular flexibility index (Phi) is 9.31. The van der Waals surface area contributed by atoms with Crippen LogP contribution < -0.4 is 4.31 Å². The quantitative estimate of drug-likeness (QED) is 0.246. The number of anilines is 1. The third-order valence-corrected chi connectivity index (χ3v) is 9.96. The summed E-state index contributed by atoms with van der Waals surface area (Å²) in [6, 6.07) is 10.5. The maximum Gasteiger partial charge on any atom is 0.264 e. The first kappa shape index (κ1) is 29.0. The summed E-state index contributed by atoms with van der Waals surface area (Å²) in [7, 11) is -7.61. The van der Waals surface area contributed by atoms with Crippen molar-refractivity contribution in [3.8, 4) is 0 Å². The molecule has 0 N–H and O–H groups in total. The number of benzene rings is 3. The summed E-state index contributed by atoms with van der Waals surface area (Å²) in [6.07, 6.45) is 1.00. The molecule has 0 heterocycles. The number of rotatable bonds is 11. The van der Waals surface area contributed by atoms with Gasteiger partial charge in [0.25, 0.3) is 10.0 Å². The molecule has 0 aliphatic heterocycles. The molecular formula is C26H27ClF3NO4S2. The summed E-state index contributed by atoms with van der Waals surface area (Å²) < 4.78 is 95.2. The minimum absolute atomic E-state index is 0.0186. The Hall–Kier alpha value is -2.56. The first-order valence-electron chi connectivity index (χ1n) is 11.6. The van der Waals surface area contributed by atoms with Crippen LogP contribution in [0.5, 0.6) is 0 Å². The molecular weight excluding hydrogens is 547 g/mol. The van der Waals surface area contributed by atoms with E-state index in [4.69, 9.17) is 11.6 Å². The Bertz CT molecular complexity index is 1460. The average molecular weight is 574 g/mol. The number of hydrogen-bond acceptors (Lipinski definition) is 4. The summed E-state index contributed by atoms with van der Waals surface area (Å²) in [4.78, 5) is -0.194. The highest BCUT2D eigenvalue weighted by Gasteiger charge is 2.33. The fraction of sp³-hybridized carbons (Fsp3) is 0.308. The van der Waals surface area contributed by atoms with Gasteiger partial charge in [-0.3, -0.25) is 4.31 Å². The van der Waals surface area contributed by atoms with E-state index >= 15 is 0 Å². The van der Waals surface area contributed by atoms with Gasteiger partial charge >= 0.3 is 0 Å². The third kappa shape index (κ3) is 7.06. The summed E-state index contributed by atoms with van der Waals surface area (Å²) in [5, 5.41) is 0.293. The van der Waals surface area contributed by atoms with Crippen molar-refractivity contribution in [2.24, 2.45) is 0 Å². The normalized spacial score (nSPS) is 12.9. The second kappa shape index (κ2) is 11.9. The number of aryl methyl sites for hydroxylation is 1. The Morgan fingerprint density at radius 1 is 0.865 bits per heavy atom. The highest BCUT2D eigenvalue weighted by Crippen LogP contribution is 2.37. The lowest BCUT2D eigenvalue weighted by molar-refractivity contribution is 0.568. The summed E-state index contributed by atoms with van der Waals surface area (Å²) in [5.74, 6) is -2.35. The van der Waals surface area contributed by atoms with E-state index < -0.39 is 49.0 Å². The highest BCUT2D eigenvalue weighted by atomic mass is 35.5. The third-order valence-electron chi connectivity index (χ3n) is 6.01. The molecule has 3 rings (SSSR count). The Morgan fingerprint density at radius 2 is 1.49 bits per heavy atom. The molecule has 0 aliphatic carbocycles. The molecule has 37 heavy (non-hydrogen) atoms. The van der Waals surface area contributed by atoms with E-state index in [1.165, 1.54) is 43.3 Å². The molecule has 5 nitrogen and oxygen atoms in total. The van der Waals surface area contributed by atoms with Crippen molar-refractivity contribution in [3.63, 3.8) is 0 Å². The summed E-state index contributed by atoms with van der Waals surface area (Å²) in [5.41, 5.74) is 0.308. The standard InChI is InChI=1S/C26H27ClF3NO4S2/c1-3-36(32,33)15-5-4-6-19-16-21(28)9-13-24(19)18(2)31(26-17-22(29)10-14-25(26)30)37(34,35)23-11-7-20(27)8-12-23/h7-14,16-18H,3-6,15H2,1-2H3. The molecule has 11 heteroatoms. The topological polar surface area (TPSA) is 71.5 Å². The minimum atomic E-state index is -4.44. The van der Waals surface area contributed by atoms with Crippen molar-refractivity contribution in [3.05, 3.63) is 94.3 Å². The van der Waals surface area contributed by atoms with Crippen LogP contribution in [0.2, 0.25) is 5.02 Å². The Labute approximate surface area is 220 Å². The second-order valence-corrected chi connectivity index (χ2v) is 13.3. The van der Waals surface area contributed by atoms with Gasteiger partial charge in [-0.2, -0.15) is 0 Å². The lowest BCUT2D eigenvalue weighted by atomic mass is 9.97. The van der Waals surface area contributed by atoms with Crippen LogP contribution >= 0.6 is 11.6 Å². The molecule has 0 spiro atoms. The van der Waals surface area contributed by atoms with Gasteiger partial charge in [-0.15, -0.1) is 0 Å². The van der Waals surface area contributed by atoms with Crippen LogP contribution in [0.3, 0.4) is 0 Å². The molecule has 0 radical (unpaired) electrons. The molecule has 0 amide bonds. The van der Waals surface area contributed by atoms with Crippen molar-refractivity contribution in [1.29, 1.82) is 0 Å². The van der Waals surface area contributed by atoms with E-state index in [1.54, 1.807) is 6.92 Å². The average Bonchev–Trinajstić information content (AvgIpc) is 2.84. The van der Waals surface area contributed by atoms with Gasteiger partial charge in [-0.25, -0.2) is 30.0 Å². The smallest absolute Gasteiger partial charge is 0.256 e. The van der Waals surface area contributed by atoms with Crippen LogP contribution in [-0.4, -0.2) is 28.3 Å². The van der Waals surface area contributed by atoms with Gasteiger partial charge in [-0.1, -0.05) is 24.6 Å². The first-order chi connectivity index (χ1) is 17.4. The molecule has 0 fully saturated rings. The molecule has 0 bridgehead atoms. The van der Waals surface area contributed by atoms with Crippen LogP contribution in [0.4, 0.5) is 18.9 Å². The highest BCUT2D eigenvalue weighted by molar-refractivity contribution is 7.92. The molecule has 200 valence electrons. The summed E-state index contributed by atoms with van der Waals surface area (Å²) >= 11 is 5.91. The number of sulfone groups is 1. The van der Waals surface area contributed by atoms with E-state index in [-0.39, 0.29) is 22.8 Å². The van der Waals surface area contributed by atoms with Gasteiger partial charge in [-0.05, 0) is 85.8 Å². The maximum absolute atomic E-state index is 15.0. The molecule has 0 aliphatic rings. The zero-order valence-corrected chi connectivity index (χ0v) is 22.7.